The molecule has 0 radical (unpaired) electrons. The average molecular weight is 507 g/mol. The maximum Gasteiger partial charge on any atom is 0.183 e. The monoisotopic (exact) mass is 506 g/mol. The van der Waals surface area contributed by atoms with Crippen LogP contribution in [-0.2, 0) is 12.8 Å². The third kappa shape index (κ3) is 14.2. The molecule has 1 aromatic carbocycles. The van der Waals surface area contributed by atoms with E-state index in [2.05, 4.69) is 74.1 Å². The molecule has 0 saturated carbocycles. The highest BCUT2D eigenvalue weighted by molar-refractivity contribution is 5.19. The zero-order valence-electron chi connectivity index (χ0n) is 25.0. The molecular formula is C36H60N+. The number of pyridine rings is 1. The van der Waals surface area contributed by atoms with Gasteiger partial charge in [0.1, 0.15) is 0 Å². The smallest absolute Gasteiger partial charge is 0.183 e. The molecule has 2 rings (SSSR count). The van der Waals surface area contributed by atoms with Crippen molar-refractivity contribution in [3.8, 4) is 0 Å². The predicted molar refractivity (Wildman–Crippen MR) is 163 cm³/mol. The summed E-state index contributed by atoms with van der Waals surface area (Å²) in [5.74, 6) is 0. The summed E-state index contributed by atoms with van der Waals surface area (Å²) in [5.41, 5.74) is 4.53. The fourth-order valence-electron chi connectivity index (χ4n) is 5.76. The van der Waals surface area contributed by atoms with Crippen LogP contribution >= 0.6 is 0 Å². The maximum absolute atomic E-state index is 2.54. The van der Waals surface area contributed by atoms with Crippen LogP contribution in [0.5, 0.6) is 0 Å². The van der Waals surface area contributed by atoms with E-state index in [1.807, 2.05) is 0 Å². The van der Waals surface area contributed by atoms with Gasteiger partial charge in [-0.05, 0) is 31.7 Å². The number of hydrogen-bond donors (Lipinski definition) is 0. The van der Waals surface area contributed by atoms with E-state index in [0.717, 1.165) is 6.42 Å². The second-order valence-corrected chi connectivity index (χ2v) is 11.5. The Morgan fingerprint density at radius 2 is 0.919 bits per heavy atom. The van der Waals surface area contributed by atoms with Crippen molar-refractivity contribution in [1.82, 2.24) is 0 Å². The van der Waals surface area contributed by atoms with Crippen LogP contribution in [0.1, 0.15) is 165 Å². The number of nitrogens with zero attached hydrogens (tertiary/aromatic N) is 1. The average Bonchev–Trinajstić information content (AvgIpc) is 2.92. The normalized spacial score (nSPS) is 12.2. The zero-order chi connectivity index (χ0) is 26.4. The second kappa shape index (κ2) is 21.3. The molecular weight excluding hydrogens is 446 g/mol. The molecule has 0 aliphatic heterocycles. The zero-order valence-corrected chi connectivity index (χ0v) is 25.0. The topological polar surface area (TPSA) is 3.88 Å². The first-order valence-corrected chi connectivity index (χ1v) is 16.4. The number of aromatic nitrogens is 1. The van der Waals surface area contributed by atoms with Crippen molar-refractivity contribution < 1.29 is 4.57 Å². The molecule has 1 aromatic heterocycles. The van der Waals surface area contributed by atoms with Crippen LogP contribution in [0.4, 0.5) is 0 Å². The van der Waals surface area contributed by atoms with E-state index >= 15 is 0 Å². The van der Waals surface area contributed by atoms with Gasteiger partial charge in [-0.1, -0.05) is 154 Å². The molecule has 1 heteroatoms. The Bertz CT molecular complexity index is 740. The van der Waals surface area contributed by atoms with E-state index in [-0.39, 0.29) is 0 Å². The van der Waals surface area contributed by atoms with Gasteiger partial charge in [0.2, 0.25) is 0 Å². The van der Waals surface area contributed by atoms with Crippen LogP contribution < -0.4 is 4.57 Å². The molecule has 0 spiro atoms. The van der Waals surface area contributed by atoms with Crippen molar-refractivity contribution in [3.63, 3.8) is 0 Å². The van der Waals surface area contributed by atoms with Gasteiger partial charge in [0, 0.05) is 23.1 Å². The van der Waals surface area contributed by atoms with Gasteiger partial charge in [-0.15, -0.1) is 0 Å². The number of rotatable bonds is 23. The highest BCUT2D eigenvalue weighted by Gasteiger charge is 2.20. The molecule has 208 valence electrons. The predicted octanol–water partition coefficient (Wildman–Crippen LogP) is 11.1. The summed E-state index contributed by atoms with van der Waals surface area (Å²) in [6.45, 7) is 6.94. The maximum atomic E-state index is 2.54. The minimum absolute atomic E-state index is 0.436. The Balaban J connectivity index is 1.88. The third-order valence-corrected chi connectivity index (χ3v) is 8.07. The Morgan fingerprint density at radius 1 is 0.514 bits per heavy atom. The van der Waals surface area contributed by atoms with Crippen molar-refractivity contribution in [3.05, 3.63) is 65.5 Å². The van der Waals surface area contributed by atoms with E-state index < -0.39 is 0 Å². The standard InChI is InChI=1S/C36H60N/c1-4-7-9-11-13-15-17-19-22-26-33-30-34(27-23-20-18-16-14-12-10-8-5-2)32-37(31-33)36(6-3)35-28-24-21-25-29-35/h21,24-25,28-32,36H,4-20,22-23,26-27H2,1-3H3/q+1. The Morgan fingerprint density at radius 3 is 1.32 bits per heavy atom. The quantitative estimate of drug-likeness (QED) is 0.104. The first-order valence-electron chi connectivity index (χ1n) is 16.4. The van der Waals surface area contributed by atoms with Gasteiger partial charge in [0.15, 0.2) is 18.4 Å². The lowest BCUT2D eigenvalue weighted by atomic mass is 9.99. The van der Waals surface area contributed by atoms with Crippen LogP contribution in [0.2, 0.25) is 0 Å². The van der Waals surface area contributed by atoms with Crippen LogP contribution in [0.3, 0.4) is 0 Å². The summed E-state index contributed by atoms with van der Waals surface area (Å²) in [7, 11) is 0. The number of benzene rings is 1. The third-order valence-electron chi connectivity index (χ3n) is 8.07. The van der Waals surface area contributed by atoms with E-state index in [1.165, 1.54) is 134 Å². The summed E-state index contributed by atoms with van der Waals surface area (Å²) in [4.78, 5) is 0. The van der Waals surface area contributed by atoms with Gasteiger partial charge >= 0.3 is 0 Å². The van der Waals surface area contributed by atoms with Crippen molar-refractivity contribution in [2.24, 2.45) is 0 Å². The Labute approximate surface area is 231 Å². The van der Waals surface area contributed by atoms with Gasteiger partial charge < -0.3 is 0 Å². The highest BCUT2D eigenvalue weighted by atomic mass is 15.0. The van der Waals surface area contributed by atoms with Crippen LogP contribution in [0, 0.1) is 0 Å². The molecule has 0 saturated heterocycles. The molecule has 0 fully saturated rings. The molecule has 0 bridgehead atoms. The van der Waals surface area contributed by atoms with Crippen molar-refractivity contribution in [1.29, 1.82) is 0 Å². The molecule has 1 heterocycles. The lowest BCUT2D eigenvalue weighted by Gasteiger charge is -2.14. The minimum Gasteiger partial charge on any atom is -0.198 e. The molecule has 1 nitrogen and oxygen atoms in total. The van der Waals surface area contributed by atoms with E-state index in [1.54, 1.807) is 11.1 Å². The highest BCUT2D eigenvalue weighted by Crippen LogP contribution is 2.19. The summed E-state index contributed by atoms with van der Waals surface area (Å²) >= 11 is 0. The minimum atomic E-state index is 0.436. The van der Waals surface area contributed by atoms with Gasteiger partial charge in [0.05, 0.1) is 0 Å². The largest absolute Gasteiger partial charge is 0.198 e. The van der Waals surface area contributed by atoms with E-state index in [4.69, 9.17) is 0 Å². The summed E-state index contributed by atoms with van der Waals surface area (Å²) < 4.78 is 2.54. The Hall–Kier alpha value is -1.63. The summed E-state index contributed by atoms with van der Waals surface area (Å²) in [6, 6.07) is 14.1. The molecule has 37 heavy (non-hydrogen) atoms. The van der Waals surface area contributed by atoms with Crippen LogP contribution in [0.25, 0.3) is 0 Å². The fourth-order valence-corrected chi connectivity index (χ4v) is 5.76. The Kier molecular flexibility index (Phi) is 18.2. The number of aryl methyl sites for hydroxylation is 2. The summed E-state index contributed by atoms with van der Waals surface area (Å²) in [5, 5.41) is 0. The van der Waals surface area contributed by atoms with Crippen LogP contribution in [0.15, 0.2) is 48.8 Å². The van der Waals surface area contributed by atoms with Gasteiger partial charge in [0.25, 0.3) is 0 Å². The molecule has 1 unspecified atom stereocenters. The van der Waals surface area contributed by atoms with Gasteiger partial charge in [-0.25, -0.2) is 0 Å². The summed E-state index contributed by atoms with van der Waals surface area (Å²) in [6.07, 6.45) is 33.7. The van der Waals surface area contributed by atoms with Crippen LogP contribution in [-0.4, -0.2) is 0 Å². The molecule has 0 N–H and O–H groups in total. The first kappa shape index (κ1) is 31.6. The molecule has 1 atom stereocenters. The number of hydrogen-bond acceptors (Lipinski definition) is 0. The van der Waals surface area contributed by atoms with Crippen molar-refractivity contribution in [2.75, 3.05) is 0 Å². The molecule has 2 aromatic rings. The SMILES string of the molecule is CCCCCCCCCCCc1cc(CCCCCCCCCCC)c[n+](C(CC)c2ccccc2)c1. The number of unbranched alkanes of at least 4 members (excludes halogenated alkanes) is 16. The van der Waals surface area contributed by atoms with Crippen molar-refractivity contribution >= 4 is 0 Å². The van der Waals surface area contributed by atoms with E-state index in [9.17, 15) is 0 Å². The second-order valence-electron chi connectivity index (χ2n) is 11.5. The van der Waals surface area contributed by atoms with Gasteiger partial charge in [-0.2, -0.15) is 4.57 Å². The molecule has 0 aliphatic rings. The van der Waals surface area contributed by atoms with Crippen molar-refractivity contribution in [2.45, 2.75) is 162 Å². The van der Waals surface area contributed by atoms with Gasteiger partial charge in [-0.3, -0.25) is 0 Å². The van der Waals surface area contributed by atoms with E-state index in [0.29, 0.717) is 6.04 Å². The molecule has 0 amide bonds. The fraction of sp³-hybridized carbons (Fsp3) is 0.694. The lowest BCUT2D eigenvalue weighted by Crippen LogP contribution is -2.40. The lowest BCUT2D eigenvalue weighted by molar-refractivity contribution is -0.714. The first-order chi connectivity index (χ1) is 18.3. The molecule has 0 aliphatic carbocycles.